The van der Waals surface area contributed by atoms with Crippen molar-refractivity contribution >= 4 is 78.1 Å². The van der Waals surface area contributed by atoms with E-state index >= 15 is 0 Å². The van der Waals surface area contributed by atoms with Crippen LogP contribution in [0.5, 0.6) is 0 Å². The predicted octanol–water partition coefficient (Wildman–Crippen LogP) is -4.94. The second-order valence-electron chi connectivity index (χ2n) is 4.66. The molecule has 0 heterocycles. The van der Waals surface area contributed by atoms with Gasteiger partial charge in [-0.15, -0.1) is 0 Å². The average Bonchev–Trinajstić information content (AvgIpc) is 2.29. The van der Waals surface area contributed by atoms with Gasteiger partial charge in [-0.3, -0.25) is 0 Å². The quantitative estimate of drug-likeness (QED) is 0.223. The monoisotopic (exact) mass is 410 g/mol. The highest BCUT2D eigenvalue weighted by atomic mass is 28.4. The van der Waals surface area contributed by atoms with Crippen molar-refractivity contribution in [1.82, 2.24) is 0 Å². The zero-order valence-corrected chi connectivity index (χ0v) is 23.7. The summed E-state index contributed by atoms with van der Waals surface area (Å²) in [5.41, 5.74) is 0. The van der Waals surface area contributed by atoms with E-state index in [4.69, 9.17) is 28.8 Å². The summed E-state index contributed by atoms with van der Waals surface area (Å²) in [6.45, 7) is 8.57. The summed E-state index contributed by atoms with van der Waals surface area (Å²) in [6.07, 6.45) is 0. The molecular formula is C4H26O7Si8. The largest absolute Gasteiger partial charge is 0.449 e. The highest BCUT2D eigenvalue weighted by Crippen LogP contribution is 2.04. The van der Waals surface area contributed by atoms with Gasteiger partial charge in [-0.25, -0.2) is 0 Å². The third-order valence-corrected chi connectivity index (χ3v) is 14.5. The van der Waals surface area contributed by atoms with Gasteiger partial charge in [0, 0.05) is 0 Å². The average molecular weight is 411 g/mol. The summed E-state index contributed by atoms with van der Waals surface area (Å²) in [5.74, 6) is 0. The SMILES string of the molecule is C[SiH](O[SiH2]O[SiH2]O[SiH2]O[SiH2]O[SiH2]O[SiH3])O[Si](C)(C)C. The van der Waals surface area contributed by atoms with Crippen molar-refractivity contribution in [2.24, 2.45) is 0 Å². The van der Waals surface area contributed by atoms with Gasteiger partial charge < -0.3 is 28.8 Å². The van der Waals surface area contributed by atoms with E-state index in [9.17, 15) is 0 Å². The molecule has 0 N–H and O–H groups in total. The highest BCUT2D eigenvalue weighted by molar-refractivity contribution is 6.76. The molecule has 0 aliphatic carbocycles. The van der Waals surface area contributed by atoms with Crippen molar-refractivity contribution in [1.29, 1.82) is 0 Å². The third-order valence-electron chi connectivity index (χ3n) is 1.61. The minimum absolute atomic E-state index is 0.723. The maximum Gasteiger partial charge on any atom is 0.298 e. The summed E-state index contributed by atoms with van der Waals surface area (Å²) < 4.78 is 38.0. The van der Waals surface area contributed by atoms with Gasteiger partial charge in [0.2, 0.25) is 0 Å². The molecule has 0 aromatic carbocycles. The first-order chi connectivity index (χ1) is 8.95. The fraction of sp³-hybridized carbons (Fsp3) is 1.00. The van der Waals surface area contributed by atoms with Crippen LogP contribution in [0.4, 0.5) is 0 Å². The highest BCUT2D eigenvalue weighted by Gasteiger charge is 2.19. The standard InChI is InChI=1S/C4H26O7Si8/c1-18(11-19(2,3)4)10-17-9-16-8-15-7-14-6-13-5-12/h18H,13-17H2,1-4,12H3. The van der Waals surface area contributed by atoms with Crippen molar-refractivity contribution in [3.63, 3.8) is 0 Å². The summed E-state index contributed by atoms with van der Waals surface area (Å²) in [5, 5.41) is 0. The molecule has 0 amide bonds. The second-order valence-corrected chi connectivity index (χ2v) is 22.3. The number of hydrogen-bond donors (Lipinski definition) is 0. The first-order valence-electron chi connectivity index (χ1n) is 6.05. The normalized spacial score (nSPS) is 17.1. The molecule has 19 heavy (non-hydrogen) atoms. The molecule has 0 fully saturated rings. The molecule has 116 valence electrons. The van der Waals surface area contributed by atoms with Gasteiger partial charge in [0.1, 0.15) is 10.5 Å². The Bertz CT molecular complexity index is 204. The van der Waals surface area contributed by atoms with Crippen LogP contribution in [0.3, 0.4) is 0 Å². The molecule has 7 nitrogen and oxygen atoms in total. The Labute approximate surface area is 133 Å². The third kappa shape index (κ3) is 17.4. The summed E-state index contributed by atoms with van der Waals surface area (Å²) >= 11 is 0. The van der Waals surface area contributed by atoms with Crippen LogP contribution in [-0.4, -0.2) is 78.1 Å². The summed E-state index contributed by atoms with van der Waals surface area (Å²) in [4.78, 5) is 0. The fourth-order valence-electron chi connectivity index (χ4n) is 1.07. The molecule has 0 aliphatic heterocycles. The van der Waals surface area contributed by atoms with Gasteiger partial charge in [-0.1, -0.05) is 0 Å². The molecule has 0 aromatic rings. The van der Waals surface area contributed by atoms with Gasteiger partial charge in [-0.2, -0.15) is 0 Å². The maximum atomic E-state index is 5.87. The van der Waals surface area contributed by atoms with Crippen LogP contribution >= 0.6 is 0 Å². The number of rotatable bonds is 13. The van der Waals surface area contributed by atoms with E-state index in [0.29, 0.717) is 0 Å². The maximum absolute atomic E-state index is 5.87. The first-order valence-corrected chi connectivity index (χ1v) is 18.1. The Kier molecular flexibility index (Phi) is 14.1. The van der Waals surface area contributed by atoms with Crippen LogP contribution in [0.1, 0.15) is 0 Å². The van der Waals surface area contributed by atoms with E-state index in [-0.39, 0.29) is 0 Å². The van der Waals surface area contributed by atoms with Crippen molar-refractivity contribution in [2.75, 3.05) is 0 Å². The topological polar surface area (TPSA) is 64.6 Å². The lowest BCUT2D eigenvalue weighted by molar-refractivity contribution is 0.364. The minimum atomic E-state index is -1.48. The van der Waals surface area contributed by atoms with Crippen LogP contribution in [0.25, 0.3) is 0 Å². The Morgan fingerprint density at radius 1 is 0.842 bits per heavy atom. The molecule has 0 radical (unpaired) electrons. The lowest BCUT2D eigenvalue weighted by atomic mass is 11.8. The predicted molar refractivity (Wildman–Crippen MR) is 96.6 cm³/mol. The van der Waals surface area contributed by atoms with Crippen molar-refractivity contribution in [3.05, 3.63) is 0 Å². The zero-order valence-electron chi connectivity index (χ0n) is 12.5. The fourth-order valence-corrected chi connectivity index (χ4v) is 15.8. The van der Waals surface area contributed by atoms with Crippen LogP contribution in [-0.2, 0) is 28.8 Å². The van der Waals surface area contributed by atoms with Crippen molar-refractivity contribution in [2.45, 2.75) is 26.2 Å². The van der Waals surface area contributed by atoms with Crippen LogP contribution in [0.2, 0.25) is 26.2 Å². The Hall–Kier alpha value is 1.46. The smallest absolute Gasteiger partial charge is 0.298 e. The number of hydrogen-bond acceptors (Lipinski definition) is 7. The van der Waals surface area contributed by atoms with E-state index in [0.717, 1.165) is 10.5 Å². The van der Waals surface area contributed by atoms with E-state index in [1.54, 1.807) is 0 Å². The van der Waals surface area contributed by atoms with Gasteiger partial charge >= 0.3 is 0 Å². The molecule has 0 rings (SSSR count). The molecule has 0 aromatic heterocycles. The van der Waals surface area contributed by atoms with Crippen molar-refractivity contribution < 1.29 is 28.8 Å². The molecule has 0 bridgehead atoms. The molecule has 0 aliphatic rings. The lowest BCUT2D eigenvalue weighted by Gasteiger charge is -2.22. The molecule has 1 unspecified atom stereocenters. The van der Waals surface area contributed by atoms with Gasteiger partial charge in [0.25, 0.3) is 59.3 Å². The summed E-state index contributed by atoms with van der Waals surface area (Å²) in [6, 6.07) is 0. The van der Waals surface area contributed by atoms with Gasteiger partial charge in [0.15, 0.2) is 8.32 Å². The Morgan fingerprint density at radius 2 is 1.32 bits per heavy atom. The zero-order chi connectivity index (χ0) is 14.6. The van der Waals surface area contributed by atoms with Crippen LogP contribution in [0, 0.1) is 0 Å². The molecule has 0 saturated carbocycles. The Morgan fingerprint density at radius 3 is 1.79 bits per heavy atom. The molecule has 1 atom stereocenters. The summed E-state index contributed by atoms with van der Waals surface area (Å²) in [7, 11) is -6.45. The van der Waals surface area contributed by atoms with Crippen molar-refractivity contribution in [3.8, 4) is 0 Å². The van der Waals surface area contributed by atoms with E-state index in [2.05, 4.69) is 26.2 Å². The second kappa shape index (κ2) is 13.1. The molecular weight excluding hydrogens is 385 g/mol. The van der Waals surface area contributed by atoms with Gasteiger partial charge in [-0.05, 0) is 26.2 Å². The van der Waals surface area contributed by atoms with E-state index in [1.165, 1.54) is 0 Å². The first kappa shape index (κ1) is 20.5. The lowest BCUT2D eigenvalue weighted by Crippen LogP contribution is -2.36. The molecule has 0 saturated heterocycles. The van der Waals surface area contributed by atoms with Crippen LogP contribution in [0.15, 0.2) is 0 Å². The van der Waals surface area contributed by atoms with E-state index < -0.39 is 67.6 Å². The Balaban J connectivity index is 3.18. The molecule has 0 spiro atoms. The van der Waals surface area contributed by atoms with Crippen LogP contribution < -0.4 is 0 Å². The molecule has 15 heteroatoms. The minimum Gasteiger partial charge on any atom is -0.449 e. The van der Waals surface area contributed by atoms with E-state index in [1.807, 2.05) is 0 Å². The van der Waals surface area contributed by atoms with Gasteiger partial charge in [0.05, 0.1) is 0 Å².